The molecule has 0 bridgehead atoms. The number of rotatable bonds is 2. The first-order chi connectivity index (χ1) is 6.02. The van der Waals surface area contributed by atoms with Crippen molar-refractivity contribution in [2.24, 2.45) is 0 Å². The van der Waals surface area contributed by atoms with Gasteiger partial charge in [0.25, 0.3) is 0 Å². The number of Topliss-reactive ketones (excluding diaryl/α,β-unsaturated/α-hetero) is 1. The Morgan fingerprint density at radius 2 is 2.15 bits per heavy atom. The molecule has 0 unspecified atom stereocenters. The molecular formula is C9H11BrN2O. The molecule has 0 atom stereocenters. The maximum absolute atomic E-state index is 11.1. The van der Waals surface area contributed by atoms with Gasteiger partial charge in [-0.2, -0.15) is 0 Å². The van der Waals surface area contributed by atoms with Crippen LogP contribution in [-0.4, -0.2) is 15.8 Å². The molecule has 1 aromatic heterocycles. The smallest absolute Gasteiger partial charge is 0.179 e. The summed E-state index contributed by atoms with van der Waals surface area (Å²) in [7, 11) is 0. The number of hydrogen-bond donors (Lipinski definition) is 0. The van der Waals surface area contributed by atoms with E-state index in [1.165, 1.54) is 6.92 Å². The normalized spacial score (nSPS) is 10.5. The van der Waals surface area contributed by atoms with Crippen molar-refractivity contribution in [3.05, 3.63) is 22.2 Å². The summed E-state index contributed by atoms with van der Waals surface area (Å²) in [4.78, 5) is 19.4. The van der Waals surface area contributed by atoms with Crippen LogP contribution in [0.15, 0.2) is 10.7 Å². The van der Waals surface area contributed by atoms with E-state index in [1.54, 1.807) is 6.20 Å². The largest absolute Gasteiger partial charge is 0.293 e. The highest BCUT2D eigenvalue weighted by Gasteiger charge is 2.10. The van der Waals surface area contributed by atoms with Gasteiger partial charge in [0.1, 0.15) is 11.5 Å². The fourth-order valence-electron chi connectivity index (χ4n) is 0.906. The third kappa shape index (κ3) is 2.34. The molecule has 0 saturated carbocycles. The maximum atomic E-state index is 11.1. The first-order valence-electron chi connectivity index (χ1n) is 4.05. The summed E-state index contributed by atoms with van der Waals surface area (Å²) < 4.78 is 0.657. The lowest BCUT2D eigenvalue weighted by Gasteiger charge is -2.05. The zero-order chi connectivity index (χ0) is 10.0. The van der Waals surface area contributed by atoms with Gasteiger partial charge < -0.3 is 0 Å². The van der Waals surface area contributed by atoms with Crippen molar-refractivity contribution in [1.82, 2.24) is 9.97 Å². The number of aromatic nitrogens is 2. The second-order valence-electron chi connectivity index (χ2n) is 3.14. The summed E-state index contributed by atoms with van der Waals surface area (Å²) in [5.74, 6) is 0.899. The molecule has 1 heterocycles. The Kier molecular flexibility index (Phi) is 3.14. The lowest BCUT2D eigenvalue weighted by Crippen LogP contribution is -2.05. The van der Waals surface area contributed by atoms with Crippen molar-refractivity contribution in [3.63, 3.8) is 0 Å². The Morgan fingerprint density at radius 1 is 1.54 bits per heavy atom. The number of hydrogen-bond acceptors (Lipinski definition) is 3. The third-order valence-corrected chi connectivity index (χ3v) is 2.19. The van der Waals surface area contributed by atoms with E-state index in [1.807, 2.05) is 13.8 Å². The van der Waals surface area contributed by atoms with Crippen LogP contribution in [0.4, 0.5) is 0 Å². The van der Waals surface area contributed by atoms with Crippen LogP contribution < -0.4 is 0 Å². The Bertz CT molecular complexity index is 336. The van der Waals surface area contributed by atoms with Crippen LogP contribution in [0.2, 0.25) is 0 Å². The predicted molar refractivity (Wildman–Crippen MR) is 53.8 cm³/mol. The number of halogens is 1. The van der Waals surface area contributed by atoms with E-state index in [0.29, 0.717) is 16.0 Å². The Morgan fingerprint density at radius 3 is 2.62 bits per heavy atom. The van der Waals surface area contributed by atoms with Crippen molar-refractivity contribution in [1.29, 1.82) is 0 Å². The highest BCUT2D eigenvalue weighted by molar-refractivity contribution is 9.10. The predicted octanol–water partition coefficient (Wildman–Crippen LogP) is 2.57. The van der Waals surface area contributed by atoms with Gasteiger partial charge in [-0.05, 0) is 15.9 Å². The van der Waals surface area contributed by atoms with Gasteiger partial charge in [-0.1, -0.05) is 13.8 Å². The number of ketones is 1. The monoisotopic (exact) mass is 242 g/mol. The van der Waals surface area contributed by atoms with Crippen LogP contribution in [0, 0.1) is 0 Å². The van der Waals surface area contributed by atoms with Gasteiger partial charge in [-0.25, -0.2) is 9.97 Å². The van der Waals surface area contributed by atoms with Gasteiger partial charge in [0, 0.05) is 19.0 Å². The molecule has 0 amide bonds. The summed E-state index contributed by atoms with van der Waals surface area (Å²) in [6.07, 6.45) is 1.62. The minimum Gasteiger partial charge on any atom is -0.293 e. The first kappa shape index (κ1) is 10.3. The van der Waals surface area contributed by atoms with Crippen LogP contribution in [0.3, 0.4) is 0 Å². The number of carbonyl (C=O) groups excluding carboxylic acids is 1. The fraction of sp³-hybridized carbons (Fsp3) is 0.444. The molecule has 13 heavy (non-hydrogen) atoms. The van der Waals surface area contributed by atoms with E-state index in [9.17, 15) is 4.79 Å². The second kappa shape index (κ2) is 3.96. The van der Waals surface area contributed by atoms with Gasteiger partial charge in [0.15, 0.2) is 5.78 Å². The third-order valence-electron chi connectivity index (χ3n) is 1.61. The number of nitrogens with zero attached hydrogens (tertiary/aromatic N) is 2. The Labute approximate surface area is 85.7 Å². The van der Waals surface area contributed by atoms with E-state index in [4.69, 9.17) is 0 Å². The van der Waals surface area contributed by atoms with Crippen molar-refractivity contribution < 1.29 is 4.79 Å². The highest BCUT2D eigenvalue weighted by atomic mass is 79.9. The van der Waals surface area contributed by atoms with Crippen molar-refractivity contribution in [2.75, 3.05) is 0 Å². The van der Waals surface area contributed by atoms with Crippen molar-refractivity contribution >= 4 is 21.7 Å². The zero-order valence-electron chi connectivity index (χ0n) is 7.84. The first-order valence-corrected chi connectivity index (χ1v) is 4.85. The maximum Gasteiger partial charge on any atom is 0.179 e. The van der Waals surface area contributed by atoms with Crippen LogP contribution in [0.25, 0.3) is 0 Å². The molecule has 70 valence electrons. The molecule has 0 aliphatic rings. The van der Waals surface area contributed by atoms with E-state index >= 15 is 0 Å². The molecule has 0 saturated heterocycles. The number of carbonyl (C=O) groups is 1. The SMILES string of the molecule is CC(=O)c1nc(C(C)C)ncc1Br. The molecule has 1 rings (SSSR count). The minimum atomic E-state index is -0.0452. The Hall–Kier alpha value is -0.770. The van der Waals surface area contributed by atoms with E-state index < -0.39 is 0 Å². The molecule has 0 fully saturated rings. The minimum absolute atomic E-state index is 0.0452. The summed E-state index contributed by atoms with van der Waals surface area (Å²) in [5, 5.41) is 0. The van der Waals surface area contributed by atoms with Crippen LogP contribution >= 0.6 is 15.9 Å². The lowest BCUT2D eigenvalue weighted by molar-refractivity contribution is 0.101. The molecule has 0 radical (unpaired) electrons. The van der Waals surface area contributed by atoms with Crippen molar-refractivity contribution in [3.8, 4) is 0 Å². The van der Waals surface area contributed by atoms with Crippen LogP contribution in [0.1, 0.15) is 43.0 Å². The standard InChI is InChI=1S/C9H11BrN2O/c1-5(2)9-11-4-7(10)8(12-9)6(3)13/h4-5H,1-3H3. The fourth-order valence-corrected chi connectivity index (χ4v) is 1.38. The highest BCUT2D eigenvalue weighted by Crippen LogP contribution is 2.16. The molecule has 4 heteroatoms. The summed E-state index contributed by atoms with van der Waals surface area (Å²) in [5.41, 5.74) is 0.457. The molecule has 3 nitrogen and oxygen atoms in total. The van der Waals surface area contributed by atoms with Gasteiger partial charge >= 0.3 is 0 Å². The lowest BCUT2D eigenvalue weighted by atomic mass is 10.2. The van der Waals surface area contributed by atoms with Crippen LogP contribution in [-0.2, 0) is 0 Å². The Balaban J connectivity index is 3.19. The van der Waals surface area contributed by atoms with Gasteiger partial charge in [-0.15, -0.1) is 0 Å². The molecular weight excluding hydrogens is 232 g/mol. The van der Waals surface area contributed by atoms with Gasteiger partial charge in [0.2, 0.25) is 0 Å². The molecule has 0 spiro atoms. The molecule has 0 aromatic carbocycles. The summed E-state index contributed by atoms with van der Waals surface area (Å²) >= 11 is 3.23. The average Bonchev–Trinajstić information content (AvgIpc) is 2.04. The average molecular weight is 243 g/mol. The summed E-state index contributed by atoms with van der Waals surface area (Å²) in [6, 6.07) is 0. The van der Waals surface area contributed by atoms with Gasteiger partial charge in [0.05, 0.1) is 4.47 Å². The van der Waals surface area contributed by atoms with Gasteiger partial charge in [-0.3, -0.25) is 4.79 Å². The van der Waals surface area contributed by atoms with E-state index in [0.717, 1.165) is 0 Å². The zero-order valence-corrected chi connectivity index (χ0v) is 9.42. The van der Waals surface area contributed by atoms with E-state index in [2.05, 4.69) is 25.9 Å². The van der Waals surface area contributed by atoms with Crippen molar-refractivity contribution in [2.45, 2.75) is 26.7 Å². The summed E-state index contributed by atoms with van der Waals surface area (Å²) in [6.45, 7) is 5.48. The molecule has 0 N–H and O–H groups in total. The molecule has 0 aliphatic carbocycles. The van der Waals surface area contributed by atoms with Crippen LogP contribution in [0.5, 0.6) is 0 Å². The second-order valence-corrected chi connectivity index (χ2v) is 3.99. The molecule has 1 aromatic rings. The quantitative estimate of drug-likeness (QED) is 0.749. The van der Waals surface area contributed by atoms with E-state index in [-0.39, 0.29) is 11.7 Å². The topological polar surface area (TPSA) is 42.9 Å². The molecule has 0 aliphatic heterocycles.